The van der Waals surface area contributed by atoms with Crippen molar-refractivity contribution < 1.29 is 18.3 Å². The van der Waals surface area contributed by atoms with E-state index < -0.39 is 12.5 Å². The zero-order valence-corrected chi connectivity index (χ0v) is 12.7. The molecule has 0 spiro atoms. The van der Waals surface area contributed by atoms with E-state index in [0.29, 0.717) is 15.7 Å². The maximum absolute atomic E-state index is 12.1. The number of carbonyl (C=O) groups is 1. The lowest BCUT2D eigenvalue weighted by atomic mass is 10.2. The summed E-state index contributed by atoms with van der Waals surface area (Å²) < 4.78 is 29.1. The number of hydrogen-bond donors (Lipinski definition) is 1. The average molecular weight is 378 g/mol. The minimum Gasteiger partial charge on any atom is -0.433 e. The molecule has 110 valence electrons. The van der Waals surface area contributed by atoms with Gasteiger partial charge in [0.15, 0.2) is 0 Å². The Morgan fingerprint density at radius 1 is 1.33 bits per heavy atom. The molecule has 0 aliphatic rings. The summed E-state index contributed by atoms with van der Waals surface area (Å²) in [7, 11) is 0. The third-order valence-corrected chi connectivity index (χ3v) is 3.10. The van der Waals surface area contributed by atoms with Crippen molar-refractivity contribution in [3.63, 3.8) is 0 Å². The van der Waals surface area contributed by atoms with Crippen molar-refractivity contribution in [3.8, 4) is 5.75 Å². The number of carbonyl (C=O) groups excluding carboxylic acids is 1. The molecule has 2 aromatic rings. The molecule has 0 fully saturated rings. The number of rotatable bonds is 4. The number of pyridine rings is 1. The molecule has 4 nitrogen and oxygen atoms in total. The van der Waals surface area contributed by atoms with Crippen LogP contribution in [0.1, 0.15) is 10.4 Å². The Morgan fingerprint density at radius 3 is 2.71 bits per heavy atom. The van der Waals surface area contributed by atoms with Gasteiger partial charge in [-0.2, -0.15) is 8.78 Å². The van der Waals surface area contributed by atoms with Gasteiger partial charge in [0.25, 0.3) is 5.91 Å². The van der Waals surface area contributed by atoms with E-state index >= 15 is 0 Å². The first-order valence-electron chi connectivity index (χ1n) is 5.62. The van der Waals surface area contributed by atoms with Crippen molar-refractivity contribution in [2.75, 3.05) is 5.32 Å². The smallest absolute Gasteiger partial charge is 0.387 e. The minimum absolute atomic E-state index is 0.0273. The standard InChI is InChI=1S/C13H8BrClF2N2O2/c14-8-3-7(5-18-6-8)12(20)19-9-1-2-11(10(15)4-9)21-13(16)17/h1-6,13H,(H,19,20). The van der Waals surface area contributed by atoms with E-state index in [1.807, 2.05) is 0 Å². The fourth-order valence-electron chi connectivity index (χ4n) is 1.51. The Hall–Kier alpha value is -1.73. The maximum atomic E-state index is 12.1. The third-order valence-electron chi connectivity index (χ3n) is 2.37. The summed E-state index contributed by atoms with van der Waals surface area (Å²) in [5.41, 5.74) is 0.694. The molecule has 0 bridgehead atoms. The maximum Gasteiger partial charge on any atom is 0.387 e. The molecule has 8 heteroatoms. The van der Waals surface area contributed by atoms with Gasteiger partial charge in [-0.05, 0) is 40.2 Å². The molecule has 0 radical (unpaired) electrons. The molecule has 1 N–H and O–H groups in total. The van der Waals surface area contributed by atoms with Gasteiger partial charge in [0.05, 0.1) is 10.6 Å². The molecule has 1 aromatic heterocycles. The van der Waals surface area contributed by atoms with Crippen molar-refractivity contribution in [2.45, 2.75) is 6.61 Å². The van der Waals surface area contributed by atoms with Crippen molar-refractivity contribution >= 4 is 39.1 Å². The Kier molecular flexibility index (Phi) is 5.08. The number of anilines is 1. The molecule has 0 aliphatic carbocycles. The first-order chi connectivity index (χ1) is 9.95. The van der Waals surface area contributed by atoms with Crippen LogP contribution in [0.2, 0.25) is 5.02 Å². The van der Waals surface area contributed by atoms with Gasteiger partial charge in [0, 0.05) is 22.6 Å². The summed E-state index contributed by atoms with van der Waals surface area (Å²) in [5, 5.41) is 2.55. The van der Waals surface area contributed by atoms with E-state index in [4.69, 9.17) is 11.6 Å². The van der Waals surface area contributed by atoms with Gasteiger partial charge >= 0.3 is 6.61 Å². The van der Waals surface area contributed by atoms with Crippen LogP contribution in [-0.4, -0.2) is 17.5 Å². The summed E-state index contributed by atoms with van der Waals surface area (Å²) in [6.07, 6.45) is 2.94. The molecule has 2 rings (SSSR count). The molecule has 1 aromatic carbocycles. The topological polar surface area (TPSA) is 51.2 Å². The molecule has 1 amide bonds. The van der Waals surface area contributed by atoms with Crippen LogP contribution in [-0.2, 0) is 0 Å². The molecule has 0 saturated carbocycles. The minimum atomic E-state index is -2.96. The summed E-state index contributed by atoms with van der Waals surface area (Å²) in [5.74, 6) is -0.559. The predicted molar refractivity (Wildman–Crippen MR) is 78.0 cm³/mol. The molecule has 0 saturated heterocycles. The van der Waals surface area contributed by atoms with E-state index in [-0.39, 0.29) is 10.8 Å². The molecular formula is C13H8BrClF2N2O2. The van der Waals surface area contributed by atoms with Crippen LogP contribution in [0.3, 0.4) is 0 Å². The Balaban J connectivity index is 2.13. The predicted octanol–water partition coefficient (Wildman–Crippen LogP) is 4.35. The second-order valence-corrected chi connectivity index (χ2v) is 5.19. The number of benzene rings is 1. The normalized spacial score (nSPS) is 10.5. The van der Waals surface area contributed by atoms with Crippen molar-refractivity contribution in [2.24, 2.45) is 0 Å². The Bertz CT molecular complexity index is 670. The zero-order chi connectivity index (χ0) is 15.4. The highest BCUT2D eigenvalue weighted by molar-refractivity contribution is 9.10. The van der Waals surface area contributed by atoms with Crippen molar-refractivity contribution in [1.82, 2.24) is 4.98 Å². The van der Waals surface area contributed by atoms with E-state index in [1.54, 1.807) is 12.3 Å². The monoisotopic (exact) mass is 376 g/mol. The van der Waals surface area contributed by atoms with Crippen LogP contribution >= 0.6 is 27.5 Å². The lowest BCUT2D eigenvalue weighted by Gasteiger charge is -2.09. The fraction of sp³-hybridized carbons (Fsp3) is 0.0769. The third kappa shape index (κ3) is 4.37. The van der Waals surface area contributed by atoms with Gasteiger partial charge in [-0.25, -0.2) is 0 Å². The first kappa shape index (κ1) is 15.7. The zero-order valence-electron chi connectivity index (χ0n) is 10.3. The van der Waals surface area contributed by atoms with Crippen LogP contribution in [0, 0.1) is 0 Å². The van der Waals surface area contributed by atoms with Gasteiger partial charge in [0.2, 0.25) is 0 Å². The van der Waals surface area contributed by atoms with Crippen LogP contribution in [0.15, 0.2) is 41.1 Å². The highest BCUT2D eigenvalue weighted by Gasteiger charge is 2.11. The number of halogens is 4. The Morgan fingerprint density at radius 2 is 2.10 bits per heavy atom. The number of amides is 1. The van der Waals surface area contributed by atoms with Crippen LogP contribution in [0.4, 0.5) is 14.5 Å². The number of hydrogen-bond acceptors (Lipinski definition) is 3. The van der Waals surface area contributed by atoms with Crippen LogP contribution in [0.5, 0.6) is 5.75 Å². The molecule has 1 heterocycles. The first-order valence-corrected chi connectivity index (χ1v) is 6.79. The number of ether oxygens (including phenoxy) is 1. The number of aromatic nitrogens is 1. The molecule has 21 heavy (non-hydrogen) atoms. The number of nitrogens with zero attached hydrogens (tertiary/aromatic N) is 1. The summed E-state index contributed by atoms with van der Waals surface area (Å²) in [6, 6.07) is 5.58. The van der Waals surface area contributed by atoms with E-state index in [2.05, 4.69) is 31.0 Å². The van der Waals surface area contributed by atoms with Gasteiger partial charge in [-0.1, -0.05) is 11.6 Å². The molecule has 0 atom stereocenters. The molecule has 0 aliphatic heterocycles. The summed E-state index contributed by atoms with van der Waals surface area (Å²) in [4.78, 5) is 15.8. The Labute approximate surface area is 132 Å². The van der Waals surface area contributed by atoms with Crippen LogP contribution in [0.25, 0.3) is 0 Å². The van der Waals surface area contributed by atoms with Gasteiger partial charge in [0.1, 0.15) is 5.75 Å². The quantitative estimate of drug-likeness (QED) is 0.862. The lowest BCUT2D eigenvalue weighted by molar-refractivity contribution is -0.0497. The van der Waals surface area contributed by atoms with Gasteiger partial charge in [-0.3, -0.25) is 9.78 Å². The molecule has 0 unspecified atom stereocenters. The van der Waals surface area contributed by atoms with E-state index in [1.165, 1.54) is 24.4 Å². The molecular weight excluding hydrogens is 370 g/mol. The number of alkyl halides is 2. The van der Waals surface area contributed by atoms with Crippen LogP contribution < -0.4 is 10.1 Å². The average Bonchev–Trinajstić information content (AvgIpc) is 2.41. The second-order valence-electron chi connectivity index (χ2n) is 3.87. The van der Waals surface area contributed by atoms with Crippen molar-refractivity contribution in [1.29, 1.82) is 0 Å². The summed E-state index contributed by atoms with van der Waals surface area (Å²) >= 11 is 9.01. The van der Waals surface area contributed by atoms with Gasteiger partial charge in [-0.15, -0.1) is 0 Å². The largest absolute Gasteiger partial charge is 0.433 e. The summed E-state index contributed by atoms with van der Waals surface area (Å²) in [6.45, 7) is -2.96. The highest BCUT2D eigenvalue weighted by atomic mass is 79.9. The second kappa shape index (κ2) is 6.82. The SMILES string of the molecule is O=C(Nc1ccc(OC(F)F)c(Cl)c1)c1cncc(Br)c1. The van der Waals surface area contributed by atoms with Crippen molar-refractivity contribution in [3.05, 3.63) is 51.7 Å². The number of nitrogens with one attached hydrogen (secondary N) is 1. The lowest BCUT2D eigenvalue weighted by Crippen LogP contribution is -2.12. The highest BCUT2D eigenvalue weighted by Crippen LogP contribution is 2.29. The van der Waals surface area contributed by atoms with Gasteiger partial charge < -0.3 is 10.1 Å². The van der Waals surface area contributed by atoms with E-state index in [9.17, 15) is 13.6 Å². The fourth-order valence-corrected chi connectivity index (χ4v) is 2.10. The van der Waals surface area contributed by atoms with E-state index in [0.717, 1.165) is 0 Å².